The summed E-state index contributed by atoms with van der Waals surface area (Å²) in [4.78, 5) is 19.3. The molecule has 1 saturated carbocycles. The predicted octanol–water partition coefficient (Wildman–Crippen LogP) is 2.11. The first-order valence-electron chi connectivity index (χ1n) is 6.97. The molecule has 0 radical (unpaired) electrons. The number of hydrogen-bond acceptors (Lipinski definition) is 7. The molecule has 8 nitrogen and oxygen atoms in total. The zero-order chi connectivity index (χ0) is 15.4. The number of nitrogens with one attached hydrogen (secondary N) is 1. The van der Waals surface area contributed by atoms with Crippen LogP contribution in [0.1, 0.15) is 38.4 Å². The Bertz CT molecular complexity index is 517. The lowest BCUT2D eigenvalue weighted by Crippen LogP contribution is -2.14. The fraction of sp³-hybridized carbons (Fsp3) is 0.692. The van der Waals surface area contributed by atoms with Gasteiger partial charge in [-0.1, -0.05) is 13.8 Å². The highest BCUT2D eigenvalue weighted by molar-refractivity contribution is 5.62. The molecule has 116 valence electrons. The molecule has 0 amide bonds. The third-order valence-corrected chi connectivity index (χ3v) is 3.01. The summed E-state index contributed by atoms with van der Waals surface area (Å²) in [5.41, 5.74) is -0.206. The van der Waals surface area contributed by atoms with E-state index in [2.05, 4.69) is 15.3 Å². The van der Waals surface area contributed by atoms with Crippen LogP contribution in [0.2, 0.25) is 0 Å². The highest BCUT2D eigenvalue weighted by atomic mass is 16.6. The van der Waals surface area contributed by atoms with Crippen LogP contribution in [0.5, 0.6) is 5.88 Å². The van der Waals surface area contributed by atoms with Crippen LogP contribution >= 0.6 is 0 Å². The van der Waals surface area contributed by atoms with Gasteiger partial charge in [0.1, 0.15) is 12.4 Å². The molecule has 1 heterocycles. The molecule has 0 saturated heterocycles. The van der Waals surface area contributed by atoms with Crippen molar-refractivity contribution in [3.8, 4) is 5.88 Å². The van der Waals surface area contributed by atoms with Gasteiger partial charge in [-0.15, -0.1) is 0 Å². The van der Waals surface area contributed by atoms with Crippen LogP contribution in [0.15, 0.2) is 0 Å². The van der Waals surface area contributed by atoms with Crippen LogP contribution in [-0.2, 0) is 4.74 Å². The Hall–Kier alpha value is -1.96. The molecule has 1 aliphatic rings. The van der Waals surface area contributed by atoms with Gasteiger partial charge in [0.15, 0.2) is 0 Å². The van der Waals surface area contributed by atoms with Gasteiger partial charge in [-0.3, -0.25) is 10.1 Å². The highest BCUT2D eigenvalue weighted by Crippen LogP contribution is 2.36. The largest absolute Gasteiger partial charge is 0.470 e. The molecule has 0 aliphatic heterocycles. The van der Waals surface area contributed by atoms with Crippen LogP contribution < -0.4 is 10.1 Å². The van der Waals surface area contributed by atoms with Gasteiger partial charge in [-0.2, -0.15) is 4.98 Å². The Labute approximate surface area is 123 Å². The normalized spacial score (nSPS) is 14.3. The minimum absolute atomic E-state index is 0.00102. The van der Waals surface area contributed by atoms with Gasteiger partial charge in [0.2, 0.25) is 5.82 Å². The second kappa shape index (κ2) is 6.66. The first-order chi connectivity index (χ1) is 10.0. The van der Waals surface area contributed by atoms with E-state index in [1.165, 1.54) is 7.11 Å². The van der Waals surface area contributed by atoms with E-state index in [4.69, 9.17) is 9.47 Å². The van der Waals surface area contributed by atoms with Crippen molar-refractivity contribution in [2.75, 3.05) is 25.6 Å². The van der Waals surface area contributed by atoms with E-state index < -0.39 is 4.92 Å². The van der Waals surface area contributed by atoms with E-state index in [1.807, 2.05) is 13.8 Å². The fourth-order valence-corrected chi connectivity index (χ4v) is 1.72. The first kappa shape index (κ1) is 15.4. The number of aromatic nitrogens is 2. The van der Waals surface area contributed by atoms with Gasteiger partial charge < -0.3 is 14.8 Å². The molecular weight excluding hydrogens is 276 g/mol. The Balaban J connectivity index is 2.36. The standard InChI is InChI=1S/C13H20N4O4/c1-8(2)11-15-12(14-9-4-5-9)10(17(18)19)13(16-11)21-7-6-20-3/h8-9H,4-7H2,1-3H3,(H,14,15,16). The zero-order valence-electron chi connectivity index (χ0n) is 12.5. The number of ether oxygens (including phenoxy) is 2. The second-order valence-corrected chi connectivity index (χ2v) is 5.26. The molecule has 1 fully saturated rings. The van der Waals surface area contributed by atoms with E-state index in [1.54, 1.807) is 0 Å². The molecule has 0 spiro atoms. The lowest BCUT2D eigenvalue weighted by atomic mass is 10.2. The molecule has 21 heavy (non-hydrogen) atoms. The molecule has 0 atom stereocenters. The summed E-state index contributed by atoms with van der Waals surface area (Å²) < 4.78 is 10.3. The van der Waals surface area contributed by atoms with E-state index in [0.29, 0.717) is 12.4 Å². The van der Waals surface area contributed by atoms with Gasteiger partial charge in [0.25, 0.3) is 5.88 Å². The van der Waals surface area contributed by atoms with E-state index in [9.17, 15) is 10.1 Å². The average Bonchev–Trinajstić information content (AvgIpc) is 3.22. The van der Waals surface area contributed by atoms with E-state index in [0.717, 1.165) is 12.8 Å². The van der Waals surface area contributed by atoms with Crippen molar-refractivity contribution >= 4 is 11.5 Å². The number of rotatable bonds is 8. The van der Waals surface area contributed by atoms with Crippen molar-refractivity contribution in [1.82, 2.24) is 9.97 Å². The first-order valence-corrected chi connectivity index (χ1v) is 6.97. The van der Waals surface area contributed by atoms with Crippen molar-refractivity contribution in [3.63, 3.8) is 0 Å². The predicted molar refractivity (Wildman–Crippen MR) is 76.8 cm³/mol. The maximum absolute atomic E-state index is 11.3. The molecular formula is C13H20N4O4. The summed E-state index contributed by atoms with van der Waals surface area (Å²) >= 11 is 0. The fourth-order valence-electron chi connectivity index (χ4n) is 1.72. The maximum atomic E-state index is 11.3. The van der Waals surface area contributed by atoms with Crippen LogP contribution in [0, 0.1) is 10.1 Å². The molecule has 1 aromatic heterocycles. The number of hydrogen-bond donors (Lipinski definition) is 1. The van der Waals surface area contributed by atoms with Gasteiger partial charge in [-0.05, 0) is 12.8 Å². The Morgan fingerprint density at radius 2 is 2.10 bits per heavy atom. The molecule has 1 aliphatic carbocycles. The Morgan fingerprint density at radius 1 is 1.38 bits per heavy atom. The summed E-state index contributed by atoms with van der Waals surface area (Å²) in [7, 11) is 1.54. The third kappa shape index (κ3) is 4.01. The van der Waals surface area contributed by atoms with Gasteiger partial charge in [0.05, 0.1) is 11.5 Å². The van der Waals surface area contributed by atoms with E-state index in [-0.39, 0.29) is 36.0 Å². The summed E-state index contributed by atoms with van der Waals surface area (Å²) in [5.74, 6) is 0.819. The minimum atomic E-state index is -0.503. The topological polar surface area (TPSA) is 99.4 Å². The lowest BCUT2D eigenvalue weighted by Gasteiger charge is -2.12. The SMILES string of the molecule is COCCOc1nc(C(C)C)nc(NC2CC2)c1[N+](=O)[O-]. The zero-order valence-corrected chi connectivity index (χ0v) is 12.5. The van der Waals surface area contributed by atoms with Crippen LogP contribution in [0.3, 0.4) is 0 Å². The Kier molecular flexibility index (Phi) is 4.89. The molecule has 0 unspecified atom stereocenters. The molecule has 8 heteroatoms. The summed E-state index contributed by atoms with van der Waals surface area (Å²) in [6.07, 6.45) is 2.00. The summed E-state index contributed by atoms with van der Waals surface area (Å²) in [6, 6.07) is 0.255. The number of nitro groups is 1. The smallest absolute Gasteiger partial charge is 0.372 e. The molecule has 0 aromatic carbocycles. The van der Waals surface area contributed by atoms with Crippen LogP contribution in [-0.4, -0.2) is 41.3 Å². The number of nitrogens with zero attached hydrogens (tertiary/aromatic N) is 3. The van der Waals surface area contributed by atoms with Gasteiger partial charge in [-0.25, -0.2) is 4.98 Å². The maximum Gasteiger partial charge on any atom is 0.372 e. The molecule has 1 N–H and O–H groups in total. The minimum Gasteiger partial charge on any atom is -0.470 e. The van der Waals surface area contributed by atoms with E-state index >= 15 is 0 Å². The summed E-state index contributed by atoms with van der Waals surface area (Å²) in [6.45, 7) is 4.40. The third-order valence-electron chi connectivity index (χ3n) is 3.01. The van der Waals surface area contributed by atoms with Gasteiger partial charge >= 0.3 is 5.69 Å². The van der Waals surface area contributed by atoms with Crippen molar-refractivity contribution < 1.29 is 14.4 Å². The number of methoxy groups -OCH3 is 1. The quantitative estimate of drug-likeness (QED) is 0.445. The molecule has 2 rings (SSSR count). The molecule has 0 bridgehead atoms. The monoisotopic (exact) mass is 296 g/mol. The lowest BCUT2D eigenvalue weighted by molar-refractivity contribution is -0.385. The van der Waals surface area contributed by atoms with Crippen LogP contribution in [0.25, 0.3) is 0 Å². The van der Waals surface area contributed by atoms with Crippen LogP contribution in [0.4, 0.5) is 11.5 Å². The van der Waals surface area contributed by atoms with Crippen molar-refractivity contribution in [2.24, 2.45) is 0 Å². The van der Waals surface area contributed by atoms with Crippen molar-refractivity contribution in [3.05, 3.63) is 15.9 Å². The molecule has 1 aromatic rings. The summed E-state index contributed by atoms with van der Waals surface area (Å²) in [5, 5.41) is 14.4. The van der Waals surface area contributed by atoms with Crippen molar-refractivity contribution in [2.45, 2.75) is 38.6 Å². The van der Waals surface area contributed by atoms with Crippen molar-refractivity contribution in [1.29, 1.82) is 0 Å². The highest BCUT2D eigenvalue weighted by Gasteiger charge is 2.31. The Morgan fingerprint density at radius 3 is 2.62 bits per heavy atom. The second-order valence-electron chi connectivity index (χ2n) is 5.26. The van der Waals surface area contributed by atoms with Gasteiger partial charge in [0, 0.05) is 19.1 Å². The number of anilines is 1. The average molecular weight is 296 g/mol.